The molecule has 49 heavy (non-hydrogen) atoms. The molecule has 0 spiro atoms. The fourth-order valence-corrected chi connectivity index (χ4v) is 4.81. The van der Waals surface area contributed by atoms with Crippen molar-refractivity contribution in [2.24, 2.45) is 0 Å². The van der Waals surface area contributed by atoms with Crippen molar-refractivity contribution < 1.29 is 23.9 Å². The summed E-state index contributed by atoms with van der Waals surface area (Å²) in [5.41, 5.74) is 4.25. The van der Waals surface area contributed by atoms with E-state index in [1.165, 1.54) is 28.7 Å². The fraction of sp³-hybridized carbons (Fsp3) is 0.600. The van der Waals surface area contributed by atoms with E-state index in [-0.39, 0.29) is 69.4 Å². The second-order valence-electron chi connectivity index (χ2n) is 10.7. The van der Waals surface area contributed by atoms with Crippen molar-refractivity contribution in [3.8, 4) is 0 Å². The van der Waals surface area contributed by atoms with E-state index in [4.69, 9.17) is 0 Å². The second-order valence-corrected chi connectivity index (χ2v) is 12.2. The molecule has 2 rings (SSSR count). The molecule has 0 aliphatic carbocycles. The highest BCUT2D eigenvalue weighted by Crippen LogP contribution is 2.27. The van der Waals surface area contributed by atoms with Gasteiger partial charge in [-0.2, -0.15) is 0 Å². The highest BCUT2D eigenvalue weighted by atomic mass is 127. The Bertz CT molecular complexity index is 1250. The van der Waals surface area contributed by atoms with Gasteiger partial charge in [-0.15, -0.1) is 24.0 Å². The van der Waals surface area contributed by atoms with Crippen LogP contribution >= 0.6 is 46.6 Å². The summed E-state index contributed by atoms with van der Waals surface area (Å²) in [6.07, 6.45) is 0. The summed E-state index contributed by atoms with van der Waals surface area (Å²) in [7, 11) is 0. The van der Waals surface area contributed by atoms with Gasteiger partial charge < -0.3 is 15.1 Å². The minimum Gasteiger partial charge on any atom is -0.324 e. The molecule has 284 valence electrons. The number of nitrogens with zero attached hydrogens (tertiary/aromatic N) is 4. The summed E-state index contributed by atoms with van der Waals surface area (Å²) < 4.78 is 1.95. The average Bonchev–Trinajstić information content (AvgIpc) is 2.98. The Kier molecular flexibility index (Phi) is 32.3. The molecule has 0 fully saturated rings. The number of hydrogen-bond acceptors (Lipinski definition) is 7. The molecule has 0 saturated carbocycles. The van der Waals surface area contributed by atoms with Gasteiger partial charge in [0.15, 0.2) is 6.54 Å². The van der Waals surface area contributed by atoms with Crippen LogP contribution in [-0.4, -0.2) is 81.3 Å². The van der Waals surface area contributed by atoms with Gasteiger partial charge in [0.2, 0.25) is 5.91 Å². The van der Waals surface area contributed by atoms with Crippen LogP contribution in [0.2, 0.25) is 0 Å². The Morgan fingerprint density at radius 1 is 0.694 bits per heavy atom. The van der Waals surface area contributed by atoms with Crippen molar-refractivity contribution in [2.75, 3.05) is 60.9 Å². The lowest BCUT2D eigenvalue weighted by atomic mass is 10.1. The first-order chi connectivity index (χ1) is 21.1. The number of likely N-dealkylation sites (N-methyl/N-ethyl adjacent to an activating group) is 2. The third-order valence-electron chi connectivity index (χ3n) is 7.74. The molecule has 2 aromatic carbocycles. The van der Waals surface area contributed by atoms with E-state index in [0.717, 1.165) is 37.2 Å². The van der Waals surface area contributed by atoms with Gasteiger partial charge in [-0.05, 0) is 88.2 Å². The first kappa shape index (κ1) is 56.0. The van der Waals surface area contributed by atoms with Gasteiger partial charge in [0.05, 0.1) is 36.0 Å². The Balaban J connectivity index is -0.000000227. The SMILES string of the molecule is C.C.C.CCI.CCN(CC)CC(=O)Nc1c(C)cc([N+](=O)[O-])cc1C.CC[N+](CC)(CC)CC(=O)Nc1c(C)cc([N+](=O)[O-])cc1C.I. The zero-order valence-corrected chi connectivity index (χ0v) is 33.5. The Morgan fingerprint density at radius 3 is 1.22 bits per heavy atom. The van der Waals surface area contributed by atoms with Crippen LogP contribution in [-0.2, 0) is 9.59 Å². The van der Waals surface area contributed by atoms with E-state index in [1.54, 1.807) is 27.7 Å². The molecule has 0 bridgehead atoms. The van der Waals surface area contributed by atoms with Crippen LogP contribution in [0.25, 0.3) is 0 Å². The van der Waals surface area contributed by atoms with Crippen LogP contribution in [0.3, 0.4) is 0 Å². The standard InChI is InChI=1S/C16H25N3O3.C14H21N3O3.C2H5I.3CH4.HI/c1-6-19(7-2,8-3)11-15(20)17-16-12(4)9-14(18(21)22)10-13(16)5;1-5-16(6-2)9-13(18)15-14-10(3)7-12(17(19)20)8-11(14)4;1-2-3;;;;/h9-10H,6-8,11H2,1-5H3;7-8H,5-6,9H2,1-4H3,(H,15,18);2H2,1H3;3*1H4;1H/p+1. The Labute approximate surface area is 327 Å². The van der Waals surface area contributed by atoms with Crippen LogP contribution in [0.5, 0.6) is 0 Å². The van der Waals surface area contributed by atoms with Gasteiger partial charge in [0.25, 0.3) is 17.3 Å². The molecule has 2 aromatic rings. The number of carbonyl (C=O) groups excluding carboxylic acids is 2. The van der Waals surface area contributed by atoms with E-state index in [0.29, 0.717) is 46.7 Å². The third kappa shape index (κ3) is 18.9. The molecule has 12 nitrogen and oxygen atoms in total. The number of nitro groups is 2. The van der Waals surface area contributed by atoms with Crippen LogP contribution in [0, 0.1) is 47.9 Å². The number of carbonyl (C=O) groups is 2. The predicted molar refractivity (Wildman–Crippen MR) is 227 cm³/mol. The van der Waals surface area contributed by atoms with E-state index in [1.807, 2.05) is 18.7 Å². The van der Waals surface area contributed by atoms with Gasteiger partial charge >= 0.3 is 0 Å². The van der Waals surface area contributed by atoms with Crippen LogP contribution in [0.1, 0.15) is 86.1 Å². The minimum absolute atomic E-state index is 0. The van der Waals surface area contributed by atoms with Gasteiger partial charge in [0.1, 0.15) is 0 Å². The molecule has 0 heterocycles. The van der Waals surface area contributed by atoms with E-state index in [9.17, 15) is 29.8 Å². The Hall–Kier alpha value is -2.44. The number of aryl methyl sites for hydroxylation is 4. The molecule has 14 heteroatoms. The number of quaternary nitrogens is 1. The van der Waals surface area contributed by atoms with Crippen molar-refractivity contribution in [1.82, 2.24) is 4.90 Å². The number of halogens is 2. The number of nitrogens with one attached hydrogen (secondary N) is 2. The van der Waals surface area contributed by atoms with Crippen LogP contribution in [0.4, 0.5) is 22.7 Å². The summed E-state index contributed by atoms with van der Waals surface area (Å²) in [5, 5.41) is 27.4. The number of anilines is 2. The van der Waals surface area contributed by atoms with Gasteiger partial charge in [-0.1, -0.05) is 65.6 Å². The van der Waals surface area contributed by atoms with Gasteiger partial charge in [-0.3, -0.25) is 34.7 Å². The van der Waals surface area contributed by atoms with Gasteiger partial charge in [0, 0.05) is 35.6 Å². The van der Waals surface area contributed by atoms with Crippen molar-refractivity contribution in [3.05, 3.63) is 66.7 Å². The first-order valence-corrected chi connectivity index (χ1v) is 16.9. The molecule has 2 N–H and O–H groups in total. The molecule has 0 aromatic heterocycles. The molecule has 0 aliphatic heterocycles. The first-order valence-electron chi connectivity index (χ1n) is 15.3. The number of benzene rings is 2. The molecule has 2 amide bonds. The number of alkyl halides is 1. The fourth-order valence-electron chi connectivity index (χ4n) is 4.81. The maximum absolute atomic E-state index is 12.4. The second kappa shape index (κ2) is 28.3. The van der Waals surface area contributed by atoms with Crippen molar-refractivity contribution in [3.63, 3.8) is 0 Å². The lowest BCUT2D eigenvalue weighted by Crippen LogP contribution is -2.52. The predicted octanol–water partition coefficient (Wildman–Crippen LogP) is 9.49. The number of nitro benzene ring substituents is 2. The quantitative estimate of drug-likeness (QED) is 0.0669. The Morgan fingerprint density at radius 2 is 0.980 bits per heavy atom. The number of rotatable bonds is 13. The normalized spacial score (nSPS) is 9.80. The lowest BCUT2D eigenvalue weighted by molar-refractivity contribution is -0.915. The number of hydrogen-bond donors (Lipinski definition) is 2. The molecule has 0 unspecified atom stereocenters. The van der Waals surface area contributed by atoms with Gasteiger partial charge in [-0.25, -0.2) is 0 Å². The maximum atomic E-state index is 12.4. The topological polar surface area (TPSA) is 148 Å². The monoisotopic (exact) mass is 919 g/mol. The van der Waals surface area contributed by atoms with E-state index < -0.39 is 9.85 Å². The highest BCUT2D eigenvalue weighted by molar-refractivity contribution is 14.1. The molecular formula is C35H65I2N6O6+. The summed E-state index contributed by atoms with van der Waals surface area (Å²) in [6, 6.07) is 5.93. The van der Waals surface area contributed by atoms with Crippen molar-refractivity contribution in [2.45, 2.75) is 91.5 Å². The summed E-state index contributed by atoms with van der Waals surface area (Å²) in [4.78, 5) is 47.1. The largest absolute Gasteiger partial charge is 0.324 e. The van der Waals surface area contributed by atoms with E-state index in [2.05, 4.69) is 60.9 Å². The van der Waals surface area contributed by atoms with Crippen LogP contribution < -0.4 is 10.6 Å². The van der Waals surface area contributed by atoms with Crippen molar-refractivity contribution in [1.29, 1.82) is 0 Å². The highest BCUT2D eigenvalue weighted by Gasteiger charge is 2.25. The zero-order chi connectivity index (χ0) is 34.9. The molecule has 0 atom stereocenters. The molecule has 0 aliphatic rings. The average molecular weight is 920 g/mol. The number of non-ortho nitro benzene ring substituents is 2. The maximum Gasteiger partial charge on any atom is 0.279 e. The molecular weight excluding hydrogens is 854 g/mol. The summed E-state index contributed by atoms with van der Waals surface area (Å²) >= 11 is 2.29. The summed E-state index contributed by atoms with van der Waals surface area (Å²) in [6.45, 7) is 24.5. The summed E-state index contributed by atoms with van der Waals surface area (Å²) in [5.74, 6) is -0.153. The lowest BCUT2D eigenvalue weighted by Gasteiger charge is -2.35. The van der Waals surface area contributed by atoms with Crippen molar-refractivity contribution >= 4 is 81.1 Å². The minimum atomic E-state index is -0.429. The van der Waals surface area contributed by atoms with E-state index >= 15 is 0 Å². The molecule has 0 saturated heterocycles. The number of amides is 2. The smallest absolute Gasteiger partial charge is 0.279 e. The molecule has 0 radical (unpaired) electrons. The third-order valence-corrected chi connectivity index (χ3v) is 7.74. The van der Waals surface area contributed by atoms with Crippen LogP contribution in [0.15, 0.2) is 24.3 Å². The zero-order valence-electron chi connectivity index (χ0n) is 29.0.